The van der Waals surface area contributed by atoms with Crippen molar-refractivity contribution in [3.63, 3.8) is 0 Å². The summed E-state index contributed by atoms with van der Waals surface area (Å²) in [4.78, 5) is 12.6. The monoisotopic (exact) mass is 458 g/mol. The van der Waals surface area contributed by atoms with Crippen LogP contribution < -0.4 is 4.74 Å². The molecule has 2 aliphatic rings. The van der Waals surface area contributed by atoms with Crippen molar-refractivity contribution >= 4 is 5.97 Å². The van der Waals surface area contributed by atoms with Crippen LogP contribution in [0.3, 0.4) is 0 Å². The van der Waals surface area contributed by atoms with Crippen LogP contribution >= 0.6 is 0 Å². The molecule has 4 nitrogen and oxygen atoms in total. The summed E-state index contributed by atoms with van der Waals surface area (Å²) in [5.41, 5.74) is 1.23. The number of rotatable bonds is 14. The number of esters is 1. The minimum Gasteiger partial charge on any atom is -0.465 e. The quantitative estimate of drug-likeness (QED) is 0.209. The van der Waals surface area contributed by atoms with Gasteiger partial charge in [0.05, 0.1) is 6.61 Å². The number of benzene rings is 1. The first-order chi connectivity index (χ1) is 16.3. The molecular formula is C29H46O4. The highest BCUT2D eigenvalue weighted by atomic mass is 16.7. The Morgan fingerprint density at radius 1 is 0.909 bits per heavy atom. The molecule has 186 valence electrons. The molecule has 1 saturated carbocycles. The lowest BCUT2D eigenvalue weighted by molar-refractivity contribution is -0.151. The van der Waals surface area contributed by atoms with Gasteiger partial charge < -0.3 is 14.2 Å². The van der Waals surface area contributed by atoms with Crippen molar-refractivity contribution in [1.29, 1.82) is 0 Å². The predicted octanol–water partition coefficient (Wildman–Crippen LogP) is 8.08. The zero-order valence-electron chi connectivity index (χ0n) is 20.9. The fourth-order valence-electron chi connectivity index (χ4n) is 5.20. The summed E-state index contributed by atoms with van der Waals surface area (Å²) in [6.45, 7) is 3.04. The van der Waals surface area contributed by atoms with Gasteiger partial charge >= 0.3 is 5.97 Å². The fraction of sp³-hybridized carbons (Fsp3) is 0.759. The molecule has 1 aromatic carbocycles. The molecule has 1 unspecified atom stereocenters. The van der Waals surface area contributed by atoms with E-state index in [2.05, 4.69) is 25.1 Å². The summed E-state index contributed by atoms with van der Waals surface area (Å²) < 4.78 is 17.8. The summed E-state index contributed by atoms with van der Waals surface area (Å²) in [5.74, 6) is 1.12. The molecule has 2 fully saturated rings. The van der Waals surface area contributed by atoms with Crippen LogP contribution in [0.15, 0.2) is 24.3 Å². The molecule has 1 heterocycles. The summed E-state index contributed by atoms with van der Waals surface area (Å²) in [7, 11) is 0. The largest absolute Gasteiger partial charge is 0.465 e. The lowest BCUT2D eigenvalue weighted by atomic mass is 9.81. The van der Waals surface area contributed by atoms with E-state index in [0.29, 0.717) is 6.42 Å². The minimum atomic E-state index is -0.134. The Labute approximate surface area is 201 Å². The molecule has 0 aromatic heterocycles. The van der Waals surface area contributed by atoms with E-state index >= 15 is 0 Å². The van der Waals surface area contributed by atoms with Gasteiger partial charge in [-0.2, -0.15) is 0 Å². The third kappa shape index (κ3) is 9.68. The van der Waals surface area contributed by atoms with Crippen molar-refractivity contribution in [2.45, 2.75) is 134 Å². The molecule has 1 aliphatic carbocycles. The first kappa shape index (κ1) is 26.1. The van der Waals surface area contributed by atoms with E-state index < -0.39 is 0 Å². The number of carbonyl (C=O) groups is 1. The molecule has 0 N–H and O–H groups in total. The highest BCUT2D eigenvalue weighted by molar-refractivity contribution is 5.69. The number of unbranched alkanes of at least 4 members (excludes halogenated alkanes) is 8. The molecular weight excluding hydrogens is 412 g/mol. The maximum absolute atomic E-state index is 12.6. The summed E-state index contributed by atoms with van der Waals surface area (Å²) in [5, 5.41) is 0. The van der Waals surface area contributed by atoms with Gasteiger partial charge in [0, 0.05) is 18.8 Å². The maximum Gasteiger partial charge on any atom is 0.306 e. The second-order valence-corrected chi connectivity index (χ2v) is 9.98. The van der Waals surface area contributed by atoms with E-state index in [1.807, 2.05) is 6.07 Å². The average molecular weight is 459 g/mol. The highest BCUT2D eigenvalue weighted by Gasteiger charge is 2.30. The molecule has 0 spiro atoms. The minimum absolute atomic E-state index is 0.00834. The molecule has 1 saturated heterocycles. The van der Waals surface area contributed by atoms with Crippen molar-refractivity contribution in [1.82, 2.24) is 0 Å². The normalized spacial score (nSPS) is 23.2. The standard InChI is InChI=1S/C29H46O4/c1-2-3-4-5-6-7-8-9-10-20-28(30)33-27-19-12-11-18-26(27)24-16-15-17-25(23-24)32-29-21-13-14-22-31-29/h15-17,23,26-27,29H,2-14,18-22H2,1H3/t26-,27+,29?/m0/s1. The number of hydrogen-bond donors (Lipinski definition) is 0. The lowest BCUT2D eigenvalue weighted by Crippen LogP contribution is -2.29. The molecule has 4 heteroatoms. The molecule has 3 atom stereocenters. The number of carbonyl (C=O) groups excluding carboxylic acids is 1. The maximum atomic E-state index is 12.6. The second-order valence-electron chi connectivity index (χ2n) is 9.98. The van der Waals surface area contributed by atoms with E-state index in [1.54, 1.807) is 0 Å². The highest BCUT2D eigenvalue weighted by Crippen LogP contribution is 2.37. The molecule has 3 rings (SSSR count). The zero-order valence-corrected chi connectivity index (χ0v) is 20.9. The fourth-order valence-corrected chi connectivity index (χ4v) is 5.20. The van der Waals surface area contributed by atoms with Gasteiger partial charge in [0.1, 0.15) is 11.9 Å². The van der Waals surface area contributed by atoms with Crippen LogP contribution in [0.1, 0.15) is 128 Å². The van der Waals surface area contributed by atoms with Crippen LogP contribution in [-0.2, 0) is 14.3 Å². The molecule has 1 aliphatic heterocycles. The van der Waals surface area contributed by atoms with Crippen LogP contribution in [0.2, 0.25) is 0 Å². The van der Waals surface area contributed by atoms with Crippen molar-refractivity contribution < 1.29 is 19.0 Å². The zero-order chi connectivity index (χ0) is 23.1. The molecule has 0 amide bonds. The Morgan fingerprint density at radius 3 is 2.39 bits per heavy atom. The third-order valence-corrected chi connectivity index (χ3v) is 7.16. The Morgan fingerprint density at radius 2 is 1.64 bits per heavy atom. The third-order valence-electron chi connectivity index (χ3n) is 7.16. The van der Waals surface area contributed by atoms with Gasteiger partial charge in [0.25, 0.3) is 0 Å². The van der Waals surface area contributed by atoms with Crippen LogP contribution in [0, 0.1) is 0 Å². The van der Waals surface area contributed by atoms with Gasteiger partial charge in [-0.1, -0.05) is 76.8 Å². The summed E-state index contributed by atoms with van der Waals surface area (Å²) in [6.07, 6.45) is 19.4. The van der Waals surface area contributed by atoms with Gasteiger partial charge in [-0.05, 0) is 56.2 Å². The van der Waals surface area contributed by atoms with E-state index in [1.165, 1.54) is 56.9 Å². The van der Waals surface area contributed by atoms with E-state index in [-0.39, 0.29) is 24.3 Å². The first-order valence-corrected chi connectivity index (χ1v) is 13.8. The van der Waals surface area contributed by atoms with Crippen LogP contribution in [0.25, 0.3) is 0 Å². The van der Waals surface area contributed by atoms with E-state index in [0.717, 1.165) is 63.7 Å². The predicted molar refractivity (Wildman–Crippen MR) is 134 cm³/mol. The van der Waals surface area contributed by atoms with Crippen molar-refractivity contribution in [3.8, 4) is 5.75 Å². The first-order valence-electron chi connectivity index (χ1n) is 13.8. The van der Waals surface area contributed by atoms with Gasteiger partial charge in [-0.25, -0.2) is 0 Å². The summed E-state index contributed by atoms with van der Waals surface area (Å²) >= 11 is 0. The molecule has 0 radical (unpaired) electrons. The van der Waals surface area contributed by atoms with E-state index in [9.17, 15) is 4.79 Å². The molecule has 1 aromatic rings. The SMILES string of the molecule is CCCCCCCCCCCC(=O)O[C@@H]1CCCC[C@H]1c1cccc(OC2CCCCO2)c1. The Kier molecular flexibility index (Phi) is 12.1. The van der Waals surface area contributed by atoms with Crippen molar-refractivity contribution in [3.05, 3.63) is 29.8 Å². The van der Waals surface area contributed by atoms with E-state index in [4.69, 9.17) is 14.2 Å². The number of hydrogen-bond acceptors (Lipinski definition) is 4. The Balaban J connectivity index is 1.40. The Hall–Kier alpha value is -1.55. The van der Waals surface area contributed by atoms with Crippen molar-refractivity contribution in [2.75, 3.05) is 6.61 Å². The van der Waals surface area contributed by atoms with Gasteiger partial charge in [-0.15, -0.1) is 0 Å². The van der Waals surface area contributed by atoms with Gasteiger partial charge in [0.15, 0.2) is 6.29 Å². The van der Waals surface area contributed by atoms with Crippen molar-refractivity contribution in [2.24, 2.45) is 0 Å². The molecule has 33 heavy (non-hydrogen) atoms. The second kappa shape index (κ2) is 15.4. The summed E-state index contributed by atoms with van der Waals surface area (Å²) in [6, 6.07) is 8.36. The topological polar surface area (TPSA) is 44.8 Å². The smallest absolute Gasteiger partial charge is 0.306 e. The van der Waals surface area contributed by atoms with Crippen LogP contribution in [0.5, 0.6) is 5.75 Å². The van der Waals surface area contributed by atoms with Gasteiger partial charge in [0.2, 0.25) is 0 Å². The Bertz CT molecular complexity index is 667. The molecule has 0 bridgehead atoms. The average Bonchev–Trinajstić information content (AvgIpc) is 2.84. The van der Waals surface area contributed by atoms with Crippen LogP contribution in [0.4, 0.5) is 0 Å². The lowest BCUT2D eigenvalue weighted by Gasteiger charge is -2.32. The van der Waals surface area contributed by atoms with Gasteiger partial charge in [-0.3, -0.25) is 4.79 Å². The number of ether oxygens (including phenoxy) is 3. The van der Waals surface area contributed by atoms with Crippen LogP contribution in [-0.4, -0.2) is 25.0 Å².